The van der Waals surface area contributed by atoms with Crippen molar-refractivity contribution in [3.05, 3.63) is 53.1 Å². The van der Waals surface area contributed by atoms with Gasteiger partial charge in [-0.3, -0.25) is 9.80 Å². The van der Waals surface area contributed by atoms with E-state index >= 15 is 0 Å². The Hall–Kier alpha value is -1.79. The number of piperidine rings is 3. The van der Waals surface area contributed by atoms with E-state index in [1.807, 2.05) is 6.92 Å². The number of rotatable bonds is 3. The molecule has 1 aromatic heterocycles. The standard InChI is InChI=1S/C20H24F2N4/c1-12-17(24-11-23-12)10-26-9-15(14-3-2-4-16(21)18(14)22)20-19(26)13-5-7-25(20)8-6-13/h2-4,11,13,15,19-20H,5-10H2,1H3,(H,23,24)/t15-,19+,20+/m0/s1. The lowest BCUT2D eigenvalue weighted by Crippen LogP contribution is -2.60. The molecule has 1 aromatic carbocycles. The third kappa shape index (κ3) is 2.42. The minimum Gasteiger partial charge on any atom is -0.348 e. The lowest BCUT2D eigenvalue weighted by Gasteiger charge is -2.51. The Morgan fingerprint density at radius 2 is 2.00 bits per heavy atom. The number of imidazole rings is 1. The van der Waals surface area contributed by atoms with Crippen LogP contribution in [0.5, 0.6) is 0 Å². The highest BCUT2D eigenvalue weighted by Crippen LogP contribution is 2.47. The molecule has 2 bridgehead atoms. The lowest BCUT2D eigenvalue weighted by molar-refractivity contribution is -0.00918. The van der Waals surface area contributed by atoms with Crippen molar-refractivity contribution in [2.45, 2.75) is 44.3 Å². The number of hydrogen-bond donors (Lipinski definition) is 1. The maximum Gasteiger partial charge on any atom is 0.162 e. The largest absolute Gasteiger partial charge is 0.348 e. The number of aromatic nitrogens is 2. The summed E-state index contributed by atoms with van der Waals surface area (Å²) in [6, 6.07) is 5.30. The Labute approximate surface area is 152 Å². The molecule has 4 nitrogen and oxygen atoms in total. The number of fused-ring (bicyclic) bond motifs is 2. The summed E-state index contributed by atoms with van der Waals surface area (Å²) >= 11 is 0. The van der Waals surface area contributed by atoms with Crippen LogP contribution in [-0.2, 0) is 6.54 Å². The van der Waals surface area contributed by atoms with Crippen molar-refractivity contribution in [2.75, 3.05) is 19.6 Å². The predicted molar refractivity (Wildman–Crippen MR) is 94.7 cm³/mol. The first-order valence-electron chi connectivity index (χ1n) is 9.54. The third-order valence-corrected chi connectivity index (χ3v) is 6.76. The molecule has 6 heteroatoms. The van der Waals surface area contributed by atoms with Crippen LogP contribution in [0.25, 0.3) is 0 Å². The molecule has 0 spiro atoms. The van der Waals surface area contributed by atoms with Crippen molar-refractivity contribution < 1.29 is 8.78 Å². The second kappa shape index (κ2) is 6.13. The minimum absolute atomic E-state index is 0.0121. The molecule has 26 heavy (non-hydrogen) atoms. The van der Waals surface area contributed by atoms with Crippen LogP contribution in [-0.4, -0.2) is 51.5 Å². The van der Waals surface area contributed by atoms with Crippen molar-refractivity contribution >= 4 is 0 Å². The number of aromatic amines is 1. The topological polar surface area (TPSA) is 35.2 Å². The number of benzene rings is 1. The Balaban J connectivity index is 1.52. The van der Waals surface area contributed by atoms with E-state index in [2.05, 4.69) is 19.8 Å². The van der Waals surface area contributed by atoms with Crippen LogP contribution in [0.15, 0.2) is 24.5 Å². The fourth-order valence-electron chi connectivity index (χ4n) is 5.54. The van der Waals surface area contributed by atoms with E-state index in [4.69, 9.17) is 0 Å². The molecule has 5 heterocycles. The molecular formula is C20H24F2N4. The van der Waals surface area contributed by atoms with Gasteiger partial charge in [0.2, 0.25) is 0 Å². The molecule has 6 rings (SSSR count). The molecule has 4 fully saturated rings. The summed E-state index contributed by atoms with van der Waals surface area (Å²) in [4.78, 5) is 12.6. The van der Waals surface area contributed by atoms with Crippen LogP contribution in [0, 0.1) is 24.5 Å². The summed E-state index contributed by atoms with van der Waals surface area (Å²) in [5.74, 6) is -0.753. The lowest BCUT2D eigenvalue weighted by atomic mass is 9.75. The SMILES string of the molecule is Cc1[nH]cnc1CN1C[C@@H](c2cccc(F)c2F)[C@@H]2[C@H]1C1CCN2CC1. The first kappa shape index (κ1) is 16.4. The second-order valence-electron chi connectivity index (χ2n) is 8.01. The molecular weight excluding hydrogens is 334 g/mol. The van der Waals surface area contributed by atoms with Gasteiger partial charge in [-0.2, -0.15) is 0 Å². The number of likely N-dealkylation sites (tertiary alicyclic amines) is 1. The predicted octanol–water partition coefficient (Wildman–Crippen LogP) is 3.06. The zero-order valence-electron chi connectivity index (χ0n) is 15.0. The number of aryl methyl sites for hydroxylation is 1. The molecule has 138 valence electrons. The van der Waals surface area contributed by atoms with Gasteiger partial charge in [-0.05, 0) is 50.4 Å². The monoisotopic (exact) mass is 358 g/mol. The number of halogens is 2. The normalized spacial score (nSPS) is 33.6. The first-order chi connectivity index (χ1) is 12.6. The fraction of sp³-hybridized carbons (Fsp3) is 0.550. The van der Waals surface area contributed by atoms with Crippen LogP contribution in [0.4, 0.5) is 8.78 Å². The number of nitrogens with zero attached hydrogens (tertiary/aromatic N) is 3. The van der Waals surface area contributed by atoms with E-state index in [0.717, 1.165) is 37.6 Å². The van der Waals surface area contributed by atoms with E-state index in [1.54, 1.807) is 18.5 Å². The Morgan fingerprint density at radius 3 is 2.73 bits per heavy atom. The van der Waals surface area contributed by atoms with Crippen LogP contribution in [0.3, 0.4) is 0 Å². The Bertz CT molecular complexity index is 812. The van der Waals surface area contributed by atoms with Gasteiger partial charge in [0.15, 0.2) is 11.6 Å². The summed E-state index contributed by atoms with van der Waals surface area (Å²) < 4.78 is 28.5. The second-order valence-corrected chi connectivity index (χ2v) is 8.01. The molecule has 0 aliphatic carbocycles. The van der Waals surface area contributed by atoms with Crippen molar-refractivity contribution in [3.8, 4) is 0 Å². The van der Waals surface area contributed by atoms with Gasteiger partial charge < -0.3 is 4.98 Å². The highest BCUT2D eigenvalue weighted by atomic mass is 19.2. The van der Waals surface area contributed by atoms with Gasteiger partial charge in [0.05, 0.1) is 12.0 Å². The number of nitrogens with one attached hydrogen (secondary N) is 1. The van der Waals surface area contributed by atoms with E-state index in [1.165, 1.54) is 18.9 Å². The van der Waals surface area contributed by atoms with Crippen molar-refractivity contribution in [1.29, 1.82) is 0 Å². The molecule has 1 N–H and O–H groups in total. The quantitative estimate of drug-likeness (QED) is 0.916. The summed E-state index contributed by atoms with van der Waals surface area (Å²) in [5, 5.41) is 0. The van der Waals surface area contributed by atoms with Crippen molar-refractivity contribution in [1.82, 2.24) is 19.8 Å². The average Bonchev–Trinajstić information content (AvgIpc) is 3.24. The van der Waals surface area contributed by atoms with Crippen molar-refractivity contribution in [2.24, 2.45) is 5.92 Å². The van der Waals surface area contributed by atoms with Gasteiger partial charge >= 0.3 is 0 Å². The molecule has 4 aliphatic heterocycles. The molecule has 4 aliphatic rings. The summed E-state index contributed by atoms with van der Waals surface area (Å²) in [5.41, 5.74) is 2.68. The molecule has 3 atom stereocenters. The summed E-state index contributed by atoms with van der Waals surface area (Å²) in [6.07, 6.45) is 4.14. The van der Waals surface area contributed by atoms with Gasteiger partial charge in [-0.1, -0.05) is 12.1 Å². The average molecular weight is 358 g/mol. The van der Waals surface area contributed by atoms with Crippen molar-refractivity contribution in [3.63, 3.8) is 0 Å². The molecule has 0 radical (unpaired) electrons. The number of hydrogen-bond acceptors (Lipinski definition) is 3. The maximum absolute atomic E-state index is 14.6. The van der Waals surface area contributed by atoms with Crippen LogP contribution < -0.4 is 0 Å². The highest BCUT2D eigenvalue weighted by Gasteiger charge is 2.53. The van der Waals surface area contributed by atoms with Gasteiger partial charge in [0.1, 0.15) is 0 Å². The fourth-order valence-corrected chi connectivity index (χ4v) is 5.54. The number of H-pyrrole nitrogens is 1. The molecule has 2 aromatic rings. The van der Waals surface area contributed by atoms with E-state index in [0.29, 0.717) is 17.5 Å². The zero-order valence-corrected chi connectivity index (χ0v) is 15.0. The molecule has 0 unspecified atom stereocenters. The third-order valence-electron chi connectivity index (χ3n) is 6.76. The van der Waals surface area contributed by atoms with E-state index in [-0.39, 0.29) is 12.0 Å². The van der Waals surface area contributed by atoms with Gasteiger partial charge in [-0.25, -0.2) is 13.8 Å². The molecule has 0 amide bonds. The molecule has 0 saturated carbocycles. The van der Waals surface area contributed by atoms with Crippen LogP contribution >= 0.6 is 0 Å². The minimum atomic E-state index is -0.739. The van der Waals surface area contributed by atoms with Gasteiger partial charge in [0.25, 0.3) is 0 Å². The molecule has 4 saturated heterocycles. The highest BCUT2D eigenvalue weighted by molar-refractivity contribution is 5.29. The summed E-state index contributed by atoms with van der Waals surface area (Å²) in [6.45, 7) is 5.72. The summed E-state index contributed by atoms with van der Waals surface area (Å²) in [7, 11) is 0. The van der Waals surface area contributed by atoms with Gasteiger partial charge in [0, 0.05) is 36.8 Å². The Kier molecular flexibility index (Phi) is 3.87. The van der Waals surface area contributed by atoms with Crippen LogP contribution in [0.2, 0.25) is 0 Å². The Morgan fingerprint density at radius 1 is 1.19 bits per heavy atom. The first-order valence-corrected chi connectivity index (χ1v) is 9.54. The maximum atomic E-state index is 14.6. The van der Waals surface area contributed by atoms with Gasteiger partial charge in [-0.15, -0.1) is 0 Å². The van der Waals surface area contributed by atoms with E-state index < -0.39 is 11.6 Å². The van der Waals surface area contributed by atoms with E-state index in [9.17, 15) is 8.78 Å². The zero-order chi connectivity index (χ0) is 17.8. The smallest absolute Gasteiger partial charge is 0.162 e. The van der Waals surface area contributed by atoms with Crippen LogP contribution in [0.1, 0.15) is 35.7 Å².